The first-order valence-corrected chi connectivity index (χ1v) is 6.06. The standard InChI is InChI=1S/C15H12F2O2/c16-8-1-5-13(18)11(7-8)9-2-3-10-12(17)4-6-14(19)15(9)10/h1,4-7,9,18-19H,2-3H2. The van der Waals surface area contributed by atoms with E-state index in [2.05, 4.69) is 0 Å². The van der Waals surface area contributed by atoms with Crippen molar-refractivity contribution in [1.82, 2.24) is 0 Å². The highest BCUT2D eigenvalue weighted by Crippen LogP contribution is 2.46. The van der Waals surface area contributed by atoms with Gasteiger partial charge in [0, 0.05) is 17.0 Å². The third-order valence-corrected chi connectivity index (χ3v) is 3.67. The molecule has 0 heterocycles. The second-order valence-corrected chi connectivity index (χ2v) is 4.75. The van der Waals surface area contributed by atoms with Crippen molar-refractivity contribution < 1.29 is 19.0 Å². The van der Waals surface area contributed by atoms with E-state index in [9.17, 15) is 19.0 Å². The van der Waals surface area contributed by atoms with E-state index >= 15 is 0 Å². The molecule has 2 aromatic carbocycles. The van der Waals surface area contributed by atoms with Gasteiger partial charge in [0.2, 0.25) is 0 Å². The molecular weight excluding hydrogens is 250 g/mol. The van der Waals surface area contributed by atoms with Gasteiger partial charge in [-0.1, -0.05) is 0 Å². The van der Waals surface area contributed by atoms with E-state index in [1.807, 2.05) is 0 Å². The molecule has 1 atom stereocenters. The number of phenolic OH excluding ortho intramolecular Hbond substituents is 2. The monoisotopic (exact) mass is 262 g/mol. The lowest BCUT2D eigenvalue weighted by Crippen LogP contribution is -1.99. The first kappa shape index (κ1) is 12.0. The lowest BCUT2D eigenvalue weighted by Gasteiger charge is -2.15. The predicted molar refractivity (Wildman–Crippen MR) is 66.3 cm³/mol. The van der Waals surface area contributed by atoms with Crippen LogP contribution >= 0.6 is 0 Å². The summed E-state index contributed by atoms with van der Waals surface area (Å²) in [5, 5.41) is 19.7. The quantitative estimate of drug-likeness (QED) is 0.826. The van der Waals surface area contributed by atoms with Crippen molar-refractivity contribution in [1.29, 1.82) is 0 Å². The van der Waals surface area contributed by atoms with Gasteiger partial charge in [-0.05, 0) is 48.7 Å². The molecule has 4 heteroatoms. The number of hydrogen-bond donors (Lipinski definition) is 2. The van der Waals surface area contributed by atoms with Gasteiger partial charge in [-0.15, -0.1) is 0 Å². The molecule has 0 amide bonds. The van der Waals surface area contributed by atoms with E-state index in [0.29, 0.717) is 29.5 Å². The van der Waals surface area contributed by atoms with E-state index < -0.39 is 5.82 Å². The lowest BCUT2D eigenvalue weighted by atomic mass is 9.91. The molecule has 0 bridgehead atoms. The minimum Gasteiger partial charge on any atom is -0.508 e. The summed E-state index contributed by atoms with van der Waals surface area (Å²) < 4.78 is 27.0. The Bertz CT molecular complexity index is 653. The Morgan fingerprint density at radius 2 is 1.74 bits per heavy atom. The molecule has 2 N–H and O–H groups in total. The fraction of sp³-hybridized carbons (Fsp3) is 0.200. The molecule has 0 fully saturated rings. The fourth-order valence-electron chi connectivity index (χ4n) is 2.82. The molecule has 0 aromatic heterocycles. The van der Waals surface area contributed by atoms with E-state index in [4.69, 9.17) is 0 Å². The molecule has 0 saturated heterocycles. The van der Waals surface area contributed by atoms with Gasteiger partial charge >= 0.3 is 0 Å². The largest absolute Gasteiger partial charge is 0.508 e. The Labute approximate surface area is 108 Å². The molecule has 0 radical (unpaired) electrons. The van der Waals surface area contributed by atoms with Crippen LogP contribution in [0.5, 0.6) is 11.5 Å². The van der Waals surface area contributed by atoms with Gasteiger partial charge in [0.25, 0.3) is 0 Å². The topological polar surface area (TPSA) is 40.5 Å². The Morgan fingerprint density at radius 3 is 2.53 bits per heavy atom. The average molecular weight is 262 g/mol. The van der Waals surface area contributed by atoms with Crippen LogP contribution in [0.15, 0.2) is 30.3 Å². The molecule has 1 aliphatic carbocycles. The molecule has 98 valence electrons. The SMILES string of the molecule is Oc1ccc(F)cc1C1CCc2c(F)ccc(O)c21. The summed E-state index contributed by atoms with van der Waals surface area (Å²) in [6.45, 7) is 0. The minimum absolute atomic E-state index is 0.0115. The second-order valence-electron chi connectivity index (χ2n) is 4.75. The van der Waals surface area contributed by atoms with Crippen LogP contribution in [0.1, 0.15) is 29.0 Å². The average Bonchev–Trinajstić information content (AvgIpc) is 2.83. The van der Waals surface area contributed by atoms with Crippen LogP contribution in [-0.2, 0) is 6.42 Å². The number of benzene rings is 2. The summed E-state index contributed by atoms with van der Waals surface area (Å²) >= 11 is 0. The maximum absolute atomic E-state index is 13.7. The summed E-state index contributed by atoms with van der Waals surface area (Å²) in [5.74, 6) is -1.25. The van der Waals surface area contributed by atoms with Gasteiger partial charge in [0.15, 0.2) is 0 Å². The Hall–Kier alpha value is -2.10. The molecule has 3 rings (SSSR count). The van der Waals surface area contributed by atoms with Gasteiger partial charge in [0.05, 0.1) is 0 Å². The Morgan fingerprint density at radius 1 is 1.00 bits per heavy atom. The van der Waals surface area contributed by atoms with Crippen molar-refractivity contribution in [3.05, 3.63) is 58.7 Å². The number of hydrogen-bond acceptors (Lipinski definition) is 2. The van der Waals surface area contributed by atoms with Crippen LogP contribution < -0.4 is 0 Å². The van der Waals surface area contributed by atoms with E-state index in [1.165, 1.54) is 30.3 Å². The Balaban J connectivity index is 2.17. The first-order valence-electron chi connectivity index (χ1n) is 6.06. The normalized spacial score (nSPS) is 17.5. The summed E-state index contributed by atoms with van der Waals surface area (Å²) in [7, 11) is 0. The van der Waals surface area contributed by atoms with Gasteiger partial charge in [-0.2, -0.15) is 0 Å². The van der Waals surface area contributed by atoms with Crippen molar-refractivity contribution in [3.63, 3.8) is 0 Å². The molecule has 19 heavy (non-hydrogen) atoms. The molecule has 1 unspecified atom stereocenters. The molecule has 2 aromatic rings. The van der Waals surface area contributed by atoms with Gasteiger partial charge in [0.1, 0.15) is 23.1 Å². The number of halogens is 2. The summed E-state index contributed by atoms with van der Waals surface area (Å²) in [5.41, 5.74) is 1.30. The van der Waals surface area contributed by atoms with Gasteiger partial charge in [-0.25, -0.2) is 8.78 Å². The van der Waals surface area contributed by atoms with Crippen molar-refractivity contribution in [2.24, 2.45) is 0 Å². The number of fused-ring (bicyclic) bond motifs is 1. The van der Waals surface area contributed by atoms with Crippen LogP contribution in [0, 0.1) is 11.6 Å². The van der Waals surface area contributed by atoms with Crippen LogP contribution in [0.4, 0.5) is 8.78 Å². The third-order valence-electron chi connectivity index (χ3n) is 3.67. The molecule has 1 aliphatic rings. The molecule has 0 saturated carbocycles. The number of rotatable bonds is 1. The molecule has 0 spiro atoms. The van der Waals surface area contributed by atoms with Crippen LogP contribution in [-0.4, -0.2) is 10.2 Å². The third kappa shape index (κ3) is 1.84. The molecular formula is C15H12F2O2. The van der Waals surface area contributed by atoms with E-state index in [1.54, 1.807) is 0 Å². The smallest absolute Gasteiger partial charge is 0.126 e. The van der Waals surface area contributed by atoms with Crippen LogP contribution in [0.3, 0.4) is 0 Å². The molecule has 2 nitrogen and oxygen atoms in total. The van der Waals surface area contributed by atoms with Gasteiger partial charge < -0.3 is 10.2 Å². The predicted octanol–water partition coefficient (Wildman–Crippen LogP) is 3.45. The minimum atomic E-state index is -0.461. The van der Waals surface area contributed by atoms with Crippen molar-refractivity contribution in [2.45, 2.75) is 18.8 Å². The first-order chi connectivity index (χ1) is 9.08. The van der Waals surface area contributed by atoms with Crippen molar-refractivity contribution in [3.8, 4) is 11.5 Å². The second kappa shape index (κ2) is 4.23. The summed E-state index contributed by atoms with van der Waals surface area (Å²) in [6.07, 6.45) is 1.01. The highest BCUT2D eigenvalue weighted by molar-refractivity contribution is 5.53. The zero-order chi connectivity index (χ0) is 13.6. The fourth-order valence-corrected chi connectivity index (χ4v) is 2.82. The van der Waals surface area contributed by atoms with E-state index in [0.717, 1.165) is 0 Å². The summed E-state index contributed by atoms with van der Waals surface area (Å²) in [6, 6.07) is 6.20. The van der Waals surface area contributed by atoms with Crippen molar-refractivity contribution >= 4 is 0 Å². The highest BCUT2D eigenvalue weighted by atomic mass is 19.1. The number of phenols is 2. The van der Waals surface area contributed by atoms with Crippen molar-refractivity contribution in [2.75, 3.05) is 0 Å². The zero-order valence-corrected chi connectivity index (χ0v) is 10.0. The lowest BCUT2D eigenvalue weighted by molar-refractivity contribution is 0.452. The maximum Gasteiger partial charge on any atom is 0.126 e. The number of aromatic hydroxyl groups is 2. The maximum atomic E-state index is 13.7. The Kier molecular flexibility index (Phi) is 2.66. The highest BCUT2D eigenvalue weighted by Gasteiger charge is 2.31. The molecule has 0 aliphatic heterocycles. The zero-order valence-electron chi connectivity index (χ0n) is 10.0. The van der Waals surface area contributed by atoms with Gasteiger partial charge in [-0.3, -0.25) is 0 Å². The summed E-state index contributed by atoms with van der Waals surface area (Å²) in [4.78, 5) is 0. The van der Waals surface area contributed by atoms with E-state index in [-0.39, 0.29) is 23.2 Å². The van der Waals surface area contributed by atoms with Crippen LogP contribution in [0.2, 0.25) is 0 Å². The van der Waals surface area contributed by atoms with Crippen LogP contribution in [0.25, 0.3) is 0 Å².